The number of carbonyl (C=O) groups excluding carboxylic acids is 1. The fourth-order valence-electron chi connectivity index (χ4n) is 4.15. The number of fused-ring (bicyclic) bond motifs is 1. The number of hydrogen-bond acceptors (Lipinski definition) is 5. The highest BCUT2D eigenvalue weighted by Crippen LogP contribution is 2.27. The van der Waals surface area contributed by atoms with Gasteiger partial charge in [0.25, 0.3) is 0 Å². The summed E-state index contributed by atoms with van der Waals surface area (Å²) in [7, 11) is -3.76. The van der Waals surface area contributed by atoms with Crippen LogP contribution in [0.1, 0.15) is 38.5 Å². The maximum Gasteiger partial charge on any atom is 0.417 e. The predicted molar refractivity (Wildman–Crippen MR) is 103 cm³/mol. The normalized spacial score (nSPS) is 22.3. The largest absolute Gasteiger partial charge is 0.417 e. The Hall–Kier alpha value is -2.13. The predicted octanol–water partition coefficient (Wildman–Crippen LogP) is 1.92. The summed E-state index contributed by atoms with van der Waals surface area (Å²) in [6.45, 7) is 2.13. The second kappa shape index (κ2) is 7.71. The molecule has 4 rings (SSSR count). The number of likely N-dealkylation sites (tertiary alicyclic amines) is 1. The lowest BCUT2D eigenvalue weighted by Crippen LogP contribution is -2.46. The van der Waals surface area contributed by atoms with E-state index >= 15 is 0 Å². The summed E-state index contributed by atoms with van der Waals surface area (Å²) in [6, 6.07) is 4.35. The number of aromatic amines is 1. The molecule has 152 valence electrons. The van der Waals surface area contributed by atoms with Crippen LogP contribution in [-0.2, 0) is 14.8 Å². The van der Waals surface area contributed by atoms with E-state index in [4.69, 9.17) is 4.42 Å². The summed E-state index contributed by atoms with van der Waals surface area (Å²) in [4.78, 5) is 28.7. The van der Waals surface area contributed by atoms with E-state index in [2.05, 4.69) is 4.98 Å². The first-order chi connectivity index (χ1) is 13.4. The van der Waals surface area contributed by atoms with E-state index in [1.165, 1.54) is 22.5 Å². The minimum absolute atomic E-state index is 0.0746. The molecule has 2 aliphatic rings. The quantitative estimate of drug-likeness (QED) is 0.837. The number of carbonyl (C=O) groups is 1. The third-order valence-corrected chi connectivity index (χ3v) is 7.54. The molecule has 1 N–H and O–H groups in total. The Morgan fingerprint density at radius 3 is 2.57 bits per heavy atom. The highest BCUT2D eigenvalue weighted by molar-refractivity contribution is 7.89. The van der Waals surface area contributed by atoms with Crippen LogP contribution in [0.25, 0.3) is 11.1 Å². The lowest BCUT2D eigenvalue weighted by Gasteiger charge is -2.34. The summed E-state index contributed by atoms with van der Waals surface area (Å²) in [5, 5.41) is 0. The molecule has 1 aromatic carbocycles. The molecule has 0 unspecified atom stereocenters. The fourth-order valence-corrected chi connectivity index (χ4v) is 5.69. The van der Waals surface area contributed by atoms with Crippen molar-refractivity contribution in [2.45, 2.75) is 43.4 Å². The van der Waals surface area contributed by atoms with Crippen LogP contribution in [0.15, 0.2) is 32.3 Å². The number of oxazole rings is 1. The molecule has 2 saturated heterocycles. The molecule has 2 aliphatic heterocycles. The molecule has 0 aliphatic carbocycles. The molecule has 0 saturated carbocycles. The standard InChI is InChI=1S/C19H25N3O5S/c23-18(21-9-3-1-2-4-10-21)14-6-5-11-22(13-14)28(25,26)15-7-8-16-17(12-15)27-19(24)20-16/h7-8,12,14H,1-6,9-11,13H2,(H,20,24)/t14-/m0/s1. The van der Waals surface area contributed by atoms with Crippen molar-refractivity contribution in [1.29, 1.82) is 0 Å². The van der Waals surface area contributed by atoms with Gasteiger partial charge in [-0.25, -0.2) is 13.2 Å². The smallest absolute Gasteiger partial charge is 0.408 e. The highest BCUT2D eigenvalue weighted by Gasteiger charge is 2.35. The Morgan fingerprint density at radius 2 is 1.82 bits per heavy atom. The fraction of sp³-hybridized carbons (Fsp3) is 0.579. The molecule has 9 heteroatoms. The molecule has 0 bridgehead atoms. The monoisotopic (exact) mass is 407 g/mol. The number of piperidine rings is 1. The van der Waals surface area contributed by atoms with E-state index in [9.17, 15) is 18.0 Å². The SMILES string of the molecule is O=C([C@H]1CCCN(S(=O)(=O)c2ccc3[nH]c(=O)oc3c2)C1)N1CCCCCC1. The van der Waals surface area contributed by atoms with Gasteiger partial charge in [0, 0.05) is 32.2 Å². The minimum Gasteiger partial charge on any atom is -0.408 e. The van der Waals surface area contributed by atoms with Crippen molar-refractivity contribution in [1.82, 2.24) is 14.2 Å². The van der Waals surface area contributed by atoms with Gasteiger partial charge >= 0.3 is 5.76 Å². The Kier molecular flexibility index (Phi) is 5.29. The van der Waals surface area contributed by atoms with Crippen LogP contribution in [0.4, 0.5) is 0 Å². The molecule has 2 fully saturated rings. The molecule has 1 aromatic heterocycles. The summed E-state index contributed by atoms with van der Waals surface area (Å²) >= 11 is 0. The molecule has 0 radical (unpaired) electrons. The van der Waals surface area contributed by atoms with E-state index in [1.54, 1.807) is 0 Å². The average Bonchev–Trinajstić information content (AvgIpc) is 2.89. The number of aromatic nitrogens is 1. The van der Waals surface area contributed by atoms with Crippen LogP contribution in [0.3, 0.4) is 0 Å². The van der Waals surface area contributed by atoms with Gasteiger partial charge in [0.05, 0.1) is 16.3 Å². The third-order valence-electron chi connectivity index (χ3n) is 5.68. The number of rotatable bonds is 3. The van der Waals surface area contributed by atoms with E-state index in [0.717, 1.165) is 38.8 Å². The van der Waals surface area contributed by atoms with Crippen LogP contribution in [-0.4, -0.2) is 54.7 Å². The van der Waals surface area contributed by atoms with Gasteiger partial charge in [-0.2, -0.15) is 4.31 Å². The number of H-pyrrole nitrogens is 1. The highest BCUT2D eigenvalue weighted by atomic mass is 32.2. The van der Waals surface area contributed by atoms with Gasteiger partial charge in [0.15, 0.2) is 5.58 Å². The zero-order valence-corrected chi connectivity index (χ0v) is 16.5. The van der Waals surface area contributed by atoms with Crippen molar-refractivity contribution in [2.75, 3.05) is 26.2 Å². The van der Waals surface area contributed by atoms with E-state index < -0.39 is 15.8 Å². The van der Waals surface area contributed by atoms with Crippen LogP contribution in [0, 0.1) is 5.92 Å². The van der Waals surface area contributed by atoms with Gasteiger partial charge in [-0.15, -0.1) is 0 Å². The number of benzene rings is 1. The number of sulfonamides is 1. The first kappa shape index (κ1) is 19.2. The van der Waals surface area contributed by atoms with Crippen molar-refractivity contribution in [2.24, 2.45) is 5.92 Å². The zero-order valence-electron chi connectivity index (χ0n) is 15.7. The first-order valence-electron chi connectivity index (χ1n) is 9.87. The molecular weight excluding hydrogens is 382 g/mol. The molecule has 0 spiro atoms. The number of hydrogen-bond donors (Lipinski definition) is 1. The summed E-state index contributed by atoms with van der Waals surface area (Å²) in [5.41, 5.74) is 0.664. The maximum absolute atomic E-state index is 13.1. The molecule has 8 nitrogen and oxygen atoms in total. The van der Waals surface area contributed by atoms with E-state index in [0.29, 0.717) is 24.9 Å². The van der Waals surface area contributed by atoms with Crippen molar-refractivity contribution in [3.63, 3.8) is 0 Å². The molecule has 1 atom stereocenters. The van der Waals surface area contributed by atoms with Crippen LogP contribution in [0.5, 0.6) is 0 Å². The number of nitrogens with zero attached hydrogens (tertiary/aromatic N) is 2. The van der Waals surface area contributed by atoms with Gasteiger partial charge in [-0.1, -0.05) is 12.8 Å². The molecule has 28 heavy (non-hydrogen) atoms. The second-order valence-electron chi connectivity index (χ2n) is 7.61. The molecular formula is C19H25N3O5S. The first-order valence-corrected chi connectivity index (χ1v) is 11.3. The summed E-state index contributed by atoms with van der Waals surface area (Å²) < 4.78 is 32.6. The van der Waals surface area contributed by atoms with Crippen molar-refractivity contribution < 1.29 is 17.6 Å². The Balaban J connectivity index is 1.53. The van der Waals surface area contributed by atoms with Crippen molar-refractivity contribution in [3.05, 3.63) is 28.7 Å². The van der Waals surface area contributed by atoms with Gasteiger partial charge < -0.3 is 9.32 Å². The summed E-state index contributed by atoms with van der Waals surface area (Å²) in [5.74, 6) is -0.838. The second-order valence-corrected chi connectivity index (χ2v) is 9.55. The van der Waals surface area contributed by atoms with Gasteiger partial charge in [0.2, 0.25) is 15.9 Å². The van der Waals surface area contributed by atoms with Crippen molar-refractivity contribution >= 4 is 27.0 Å². The lowest BCUT2D eigenvalue weighted by molar-refractivity contribution is -0.136. The Bertz CT molecular complexity index is 1020. The molecule has 3 heterocycles. The maximum atomic E-state index is 13.1. The van der Waals surface area contributed by atoms with Crippen LogP contribution < -0.4 is 5.76 Å². The average molecular weight is 407 g/mol. The van der Waals surface area contributed by atoms with Crippen molar-refractivity contribution in [3.8, 4) is 0 Å². The van der Waals surface area contributed by atoms with Gasteiger partial charge in [-0.05, 0) is 37.8 Å². The minimum atomic E-state index is -3.76. The van der Waals surface area contributed by atoms with E-state index in [1.807, 2.05) is 4.90 Å². The Morgan fingerprint density at radius 1 is 1.07 bits per heavy atom. The zero-order chi connectivity index (χ0) is 19.7. The van der Waals surface area contributed by atoms with E-state index in [-0.39, 0.29) is 28.8 Å². The molecule has 1 amide bonds. The van der Waals surface area contributed by atoms with Gasteiger partial charge in [0.1, 0.15) is 0 Å². The third kappa shape index (κ3) is 3.73. The number of nitrogens with one attached hydrogen (secondary N) is 1. The summed E-state index contributed by atoms with van der Waals surface area (Å²) in [6.07, 6.45) is 5.70. The Labute approximate surface area is 163 Å². The molecule has 2 aromatic rings. The number of amides is 1. The topological polar surface area (TPSA) is 104 Å². The lowest BCUT2D eigenvalue weighted by atomic mass is 9.98. The van der Waals surface area contributed by atoms with Gasteiger partial charge in [-0.3, -0.25) is 9.78 Å². The van der Waals surface area contributed by atoms with Crippen LogP contribution >= 0.6 is 0 Å². The van der Waals surface area contributed by atoms with Crippen LogP contribution in [0.2, 0.25) is 0 Å².